The summed E-state index contributed by atoms with van der Waals surface area (Å²) in [4.78, 5) is 10.6. The Morgan fingerprint density at radius 1 is 1.90 bits per heavy atom. The van der Waals surface area contributed by atoms with Gasteiger partial charge in [0.2, 0.25) is 0 Å². The monoisotopic (exact) mass is 141 g/mol. The zero-order valence-corrected chi connectivity index (χ0v) is 6.16. The van der Waals surface area contributed by atoms with E-state index in [-0.39, 0.29) is 11.8 Å². The summed E-state index contributed by atoms with van der Waals surface area (Å²) in [5.74, 6) is 0.180. The lowest BCUT2D eigenvalue weighted by Gasteiger charge is -2.09. The number of hydrogen-bond donors (Lipinski definition) is 1. The Morgan fingerprint density at radius 3 is 3.00 bits per heavy atom. The summed E-state index contributed by atoms with van der Waals surface area (Å²) in [6.07, 6.45) is 2.26. The van der Waals surface area contributed by atoms with Crippen molar-refractivity contribution in [3.63, 3.8) is 0 Å². The number of hydrogen-bond acceptors (Lipinski definition) is 4. The fourth-order valence-corrected chi connectivity index (χ4v) is 0.895. The molecule has 0 aromatic heterocycles. The summed E-state index contributed by atoms with van der Waals surface area (Å²) in [6.45, 7) is 1.58. The number of ketones is 1. The Balaban J connectivity index is 2.33. The van der Waals surface area contributed by atoms with E-state index in [4.69, 9.17) is 0 Å². The summed E-state index contributed by atoms with van der Waals surface area (Å²) in [5.41, 5.74) is 2.98. The van der Waals surface area contributed by atoms with Gasteiger partial charge in [-0.1, -0.05) is 0 Å². The molecule has 0 spiro atoms. The molecular weight excluding hydrogens is 130 g/mol. The highest BCUT2D eigenvalue weighted by Gasteiger charge is 2.14. The predicted molar refractivity (Wildman–Crippen MR) is 38.5 cm³/mol. The van der Waals surface area contributed by atoms with E-state index in [1.165, 1.54) is 0 Å². The highest BCUT2D eigenvalue weighted by molar-refractivity contribution is 5.81. The molecule has 10 heavy (non-hydrogen) atoms. The quantitative estimate of drug-likeness (QED) is 0.577. The Kier molecular flexibility index (Phi) is 2.01. The molecule has 0 aromatic carbocycles. The summed E-state index contributed by atoms with van der Waals surface area (Å²) < 4.78 is 0. The van der Waals surface area contributed by atoms with E-state index in [1.807, 2.05) is 0 Å². The fraction of sp³-hybridized carbons (Fsp3) is 0.667. The van der Waals surface area contributed by atoms with Gasteiger partial charge < -0.3 is 0 Å². The molecule has 4 heteroatoms. The zero-order chi connectivity index (χ0) is 7.56. The predicted octanol–water partition coefficient (Wildman–Crippen LogP) is -0.230. The third kappa shape index (κ3) is 1.80. The number of nitrogens with one attached hydrogen (secondary N) is 1. The van der Waals surface area contributed by atoms with E-state index in [1.54, 1.807) is 25.3 Å². The first-order valence-corrected chi connectivity index (χ1v) is 3.22. The van der Waals surface area contributed by atoms with E-state index in [2.05, 4.69) is 10.5 Å². The van der Waals surface area contributed by atoms with Crippen molar-refractivity contribution in [3.05, 3.63) is 0 Å². The van der Waals surface area contributed by atoms with Crippen LogP contribution in [0.2, 0.25) is 0 Å². The van der Waals surface area contributed by atoms with E-state index in [0.717, 1.165) is 0 Å². The van der Waals surface area contributed by atoms with Gasteiger partial charge in [0.05, 0.1) is 6.04 Å². The van der Waals surface area contributed by atoms with Gasteiger partial charge in [-0.3, -0.25) is 4.79 Å². The van der Waals surface area contributed by atoms with Crippen molar-refractivity contribution < 1.29 is 4.79 Å². The average Bonchev–Trinajstić information content (AvgIpc) is 2.13. The lowest BCUT2D eigenvalue weighted by Crippen LogP contribution is -2.34. The van der Waals surface area contributed by atoms with Crippen LogP contribution in [-0.4, -0.2) is 30.2 Å². The van der Waals surface area contributed by atoms with Gasteiger partial charge in [-0.25, -0.2) is 10.5 Å². The van der Waals surface area contributed by atoms with Crippen LogP contribution in [0.3, 0.4) is 0 Å². The molecule has 0 amide bonds. The van der Waals surface area contributed by atoms with Crippen molar-refractivity contribution in [3.8, 4) is 0 Å². The maximum absolute atomic E-state index is 10.6. The summed E-state index contributed by atoms with van der Waals surface area (Å²) >= 11 is 0. The van der Waals surface area contributed by atoms with E-state index >= 15 is 0 Å². The minimum atomic E-state index is 0.0995. The lowest BCUT2D eigenvalue weighted by molar-refractivity contribution is -0.117. The topological polar surface area (TPSA) is 44.7 Å². The van der Waals surface area contributed by atoms with Gasteiger partial charge in [0.25, 0.3) is 0 Å². The molecule has 1 heterocycles. The third-order valence-corrected chi connectivity index (χ3v) is 1.28. The first-order valence-electron chi connectivity index (χ1n) is 3.22. The normalized spacial score (nSPS) is 23.8. The standard InChI is InChI=1S/C6H11N3O/c1-5(10)3-6-4-7-9(2)8-6/h4,6,8H,3H2,1-2H3. The zero-order valence-electron chi connectivity index (χ0n) is 6.16. The minimum absolute atomic E-state index is 0.0995. The van der Waals surface area contributed by atoms with Gasteiger partial charge in [-0.15, -0.1) is 0 Å². The number of hydrazine groups is 1. The Hall–Kier alpha value is -0.900. The van der Waals surface area contributed by atoms with Crippen LogP contribution in [-0.2, 0) is 4.79 Å². The van der Waals surface area contributed by atoms with Crippen LogP contribution in [0.4, 0.5) is 0 Å². The minimum Gasteiger partial charge on any atom is -0.300 e. The number of hydrazone groups is 1. The molecule has 1 atom stereocenters. The van der Waals surface area contributed by atoms with Gasteiger partial charge >= 0.3 is 0 Å². The van der Waals surface area contributed by atoms with Crippen LogP contribution in [0.1, 0.15) is 13.3 Å². The van der Waals surface area contributed by atoms with E-state index in [0.29, 0.717) is 6.42 Å². The number of Topliss-reactive ketones (excluding diaryl/α,β-unsaturated/α-hetero) is 1. The molecule has 1 unspecified atom stereocenters. The van der Waals surface area contributed by atoms with Crippen molar-refractivity contribution in [1.82, 2.24) is 10.5 Å². The number of carbonyl (C=O) groups is 1. The number of rotatable bonds is 2. The molecule has 0 radical (unpaired) electrons. The molecule has 1 aliphatic heterocycles. The number of carbonyl (C=O) groups excluding carboxylic acids is 1. The van der Waals surface area contributed by atoms with Gasteiger partial charge in [-0.05, 0) is 6.92 Å². The molecule has 1 N–H and O–H groups in total. The van der Waals surface area contributed by atoms with Crippen molar-refractivity contribution >= 4 is 12.0 Å². The Morgan fingerprint density at radius 2 is 2.60 bits per heavy atom. The molecular formula is C6H11N3O. The van der Waals surface area contributed by atoms with E-state index < -0.39 is 0 Å². The van der Waals surface area contributed by atoms with Gasteiger partial charge in [0.15, 0.2) is 0 Å². The molecule has 0 saturated heterocycles. The molecule has 0 aromatic rings. The molecule has 1 aliphatic rings. The van der Waals surface area contributed by atoms with Gasteiger partial charge in [0, 0.05) is 19.7 Å². The van der Waals surface area contributed by atoms with E-state index in [9.17, 15) is 4.79 Å². The first kappa shape index (κ1) is 7.21. The van der Waals surface area contributed by atoms with Crippen molar-refractivity contribution in [2.75, 3.05) is 7.05 Å². The molecule has 1 rings (SSSR count). The second-order valence-electron chi connectivity index (χ2n) is 2.43. The molecule has 56 valence electrons. The highest BCUT2D eigenvalue weighted by Crippen LogP contribution is 1.97. The maximum Gasteiger partial charge on any atom is 0.131 e. The van der Waals surface area contributed by atoms with Crippen LogP contribution >= 0.6 is 0 Å². The average molecular weight is 141 g/mol. The Bertz CT molecular complexity index is 166. The van der Waals surface area contributed by atoms with Gasteiger partial charge in [-0.2, -0.15) is 5.10 Å². The summed E-state index contributed by atoms with van der Waals surface area (Å²) in [7, 11) is 1.80. The SMILES string of the molecule is CC(=O)CC1C=NN(C)N1. The number of nitrogens with zero attached hydrogens (tertiary/aromatic N) is 2. The smallest absolute Gasteiger partial charge is 0.131 e. The highest BCUT2D eigenvalue weighted by atomic mass is 16.1. The molecule has 0 fully saturated rings. The van der Waals surface area contributed by atoms with Crippen molar-refractivity contribution in [1.29, 1.82) is 0 Å². The Labute approximate surface area is 59.9 Å². The van der Waals surface area contributed by atoms with Crippen LogP contribution in [0, 0.1) is 0 Å². The second kappa shape index (κ2) is 2.79. The third-order valence-electron chi connectivity index (χ3n) is 1.28. The first-order chi connectivity index (χ1) is 4.68. The summed E-state index contributed by atoms with van der Waals surface area (Å²) in [6, 6.07) is 0.0995. The fourth-order valence-electron chi connectivity index (χ4n) is 0.895. The van der Waals surface area contributed by atoms with Crippen molar-refractivity contribution in [2.45, 2.75) is 19.4 Å². The second-order valence-corrected chi connectivity index (χ2v) is 2.43. The van der Waals surface area contributed by atoms with Crippen LogP contribution in [0.15, 0.2) is 5.10 Å². The van der Waals surface area contributed by atoms with Crippen LogP contribution in [0.5, 0.6) is 0 Å². The lowest BCUT2D eigenvalue weighted by atomic mass is 10.2. The largest absolute Gasteiger partial charge is 0.300 e. The molecule has 0 bridgehead atoms. The summed E-state index contributed by atoms with van der Waals surface area (Å²) in [5, 5.41) is 5.52. The van der Waals surface area contributed by atoms with Crippen LogP contribution < -0.4 is 5.43 Å². The molecule has 4 nitrogen and oxygen atoms in total. The molecule has 0 aliphatic carbocycles. The van der Waals surface area contributed by atoms with Crippen molar-refractivity contribution in [2.24, 2.45) is 5.10 Å². The van der Waals surface area contributed by atoms with Gasteiger partial charge in [0.1, 0.15) is 5.78 Å². The maximum atomic E-state index is 10.6. The molecule has 0 saturated carbocycles. The van der Waals surface area contributed by atoms with Crippen LogP contribution in [0.25, 0.3) is 0 Å².